The van der Waals surface area contributed by atoms with Crippen molar-refractivity contribution >= 4 is 28.4 Å². The Bertz CT molecular complexity index is 511. The summed E-state index contributed by atoms with van der Waals surface area (Å²) in [5.41, 5.74) is 0.876. The van der Waals surface area contributed by atoms with Gasteiger partial charge in [-0.15, -0.1) is 0 Å². The Kier molecular flexibility index (Phi) is 3.89. The van der Waals surface area contributed by atoms with Crippen molar-refractivity contribution in [1.82, 2.24) is 15.4 Å². The van der Waals surface area contributed by atoms with Gasteiger partial charge in [-0.3, -0.25) is 0 Å². The molecular formula is C12H23N5OSi2. The number of fused-ring (bicyclic) bond motifs is 1. The standard InChI is InChI=1S/C12H23N5OSi2/c1-19(2,3)16-17-11-10(13-7-8-14-11)9-15-12(17)18-20(4,5)6/h7-9,13,16H,1-6H3. The van der Waals surface area contributed by atoms with E-state index in [0.29, 0.717) is 6.02 Å². The van der Waals surface area contributed by atoms with Crippen LogP contribution in [-0.2, 0) is 4.43 Å². The molecule has 0 radical (unpaired) electrons. The van der Waals surface area contributed by atoms with Gasteiger partial charge in [0.05, 0.1) is 6.20 Å². The van der Waals surface area contributed by atoms with Gasteiger partial charge in [-0.2, -0.15) is 0 Å². The molecule has 110 valence electrons. The first-order valence-electron chi connectivity index (χ1n) is 6.70. The van der Waals surface area contributed by atoms with E-state index in [4.69, 9.17) is 4.43 Å². The number of hydrogen-bond acceptors (Lipinski definition) is 6. The molecule has 2 aliphatic rings. The van der Waals surface area contributed by atoms with Crippen molar-refractivity contribution in [3.63, 3.8) is 0 Å². The van der Waals surface area contributed by atoms with Crippen LogP contribution in [0.15, 0.2) is 34.3 Å². The summed E-state index contributed by atoms with van der Waals surface area (Å²) < 4.78 is 6.08. The minimum atomic E-state index is -1.74. The summed E-state index contributed by atoms with van der Waals surface area (Å²) in [6.07, 6.45) is 5.30. The molecule has 2 heterocycles. The smallest absolute Gasteiger partial charge is 0.298 e. The molecule has 0 aliphatic carbocycles. The highest BCUT2D eigenvalue weighted by Gasteiger charge is 2.33. The van der Waals surface area contributed by atoms with Crippen LogP contribution in [0.2, 0.25) is 39.3 Å². The highest BCUT2D eigenvalue weighted by Crippen LogP contribution is 2.16. The van der Waals surface area contributed by atoms with Crippen LogP contribution < -0.4 is 10.4 Å². The van der Waals surface area contributed by atoms with Crippen molar-refractivity contribution in [2.45, 2.75) is 39.3 Å². The number of hydrazine groups is 1. The molecule has 0 bridgehead atoms. The van der Waals surface area contributed by atoms with Crippen molar-refractivity contribution in [1.29, 1.82) is 0 Å². The van der Waals surface area contributed by atoms with Crippen LogP contribution in [0, 0.1) is 0 Å². The van der Waals surface area contributed by atoms with E-state index in [1.54, 1.807) is 18.6 Å². The topological polar surface area (TPSA) is 61.2 Å². The lowest BCUT2D eigenvalue weighted by Crippen LogP contribution is -2.61. The predicted octanol–water partition coefficient (Wildman–Crippen LogP) is 2.16. The predicted molar refractivity (Wildman–Crippen MR) is 88.0 cm³/mol. The molecule has 0 aromatic carbocycles. The third-order valence-corrected chi connectivity index (χ3v) is 3.99. The fourth-order valence-electron chi connectivity index (χ4n) is 1.69. The van der Waals surface area contributed by atoms with E-state index in [1.807, 2.05) is 5.01 Å². The maximum absolute atomic E-state index is 6.08. The molecule has 6 nitrogen and oxygen atoms in total. The van der Waals surface area contributed by atoms with Crippen LogP contribution >= 0.6 is 0 Å². The molecule has 0 saturated heterocycles. The second-order valence-corrected chi connectivity index (χ2v) is 15.9. The Morgan fingerprint density at radius 3 is 2.45 bits per heavy atom. The third-order valence-electron chi connectivity index (χ3n) is 2.30. The average molecular weight is 310 g/mol. The summed E-state index contributed by atoms with van der Waals surface area (Å²) in [4.78, 5) is 8.88. The minimum Gasteiger partial charge on any atom is -0.518 e. The van der Waals surface area contributed by atoms with Crippen LogP contribution in [0.4, 0.5) is 0 Å². The second kappa shape index (κ2) is 5.19. The van der Waals surface area contributed by atoms with Gasteiger partial charge in [-0.1, -0.05) is 19.6 Å². The van der Waals surface area contributed by atoms with E-state index in [1.165, 1.54) is 0 Å². The zero-order valence-electron chi connectivity index (χ0n) is 13.0. The van der Waals surface area contributed by atoms with Gasteiger partial charge >= 0.3 is 0 Å². The van der Waals surface area contributed by atoms with E-state index in [9.17, 15) is 0 Å². The fraction of sp³-hybridized carbons (Fsp3) is 0.500. The van der Waals surface area contributed by atoms with Gasteiger partial charge in [0.25, 0.3) is 6.02 Å². The Labute approximate surface area is 122 Å². The quantitative estimate of drug-likeness (QED) is 0.784. The van der Waals surface area contributed by atoms with Gasteiger partial charge < -0.3 is 9.74 Å². The van der Waals surface area contributed by atoms with Crippen molar-refractivity contribution in [3.05, 3.63) is 24.3 Å². The van der Waals surface area contributed by atoms with Crippen LogP contribution in [0.25, 0.3) is 0 Å². The van der Waals surface area contributed by atoms with Gasteiger partial charge in [0.15, 0.2) is 5.84 Å². The molecule has 0 aromatic rings. The number of hydrogen-bond donors (Lipinski definition) is 2. The Hall–Kier alpha value is -1.39. The minimum absolute atomic E-state index is 0.589. The molecule has 0 amide bonds. The van der Waals surface area contributed by atoms with Gasteiger partial charge in [0, 0.05) is 12.4 Å². The highest BCUT2D eigenvalue weighted by atomic mass is 28.4. The molecule has 0 spiro atoms. The van der Waals surface area contributed by atoms with E-state index in [0.717, 1.165) is 11.5 Å². The maximum Gasteiger partial charge on any atom is 0.298 e. The first-order valence-corrected chi connectivity index (χ1v) is 13.6. The largest absolute Gasteiger partial charge is 0.518 e. The number of aliphatic imine (C=N–C) groups is 2. The Morgan fingerprint density at radius 2 is 1.85 bits per heavy atom. The molecule has 20 heavy (non-hydrogen) atoms. The number of rotatable bonds is 3. The van der Waals surface area contributed by atoms with Gasteiger partial charge in [-0.25, -0.2) is 20.1 Å². The van der Waals surface area contributed by atoms with Crippen molar-refractivity contribution in [3.8, 4) is 0 Å². The first kappa shape index (κ1) is 15.0. The summed E-state index contributed by atoms with van der Waals surface area (Å²) in [6, 6.07) is 0.589. The average Bonchev–Trinajstić information content (AvgIpc) is 2.29. The van der Waals surface area contributed by atoms with E-state index >= 15 is 0 Å². The van der Waals surface area contributed by atoms with E-state index in [2.05, 4.69) is 59.7 Å². The van der Waals surface area contributed by atoms with Crippen molar-refractivity contribution in [2.24, 2.45) is 9.98 Å². The van der Waals surface area contributed by atoms with Gasteiger partial charge in [0.1, 0.15) is 13.9 Å². The molecule has 8 heteroatoms. The zero-order chi connectivity index (χ0) is 15.0. The molecule has 0 aromatic heterocycles. The van der Waals surface area contributed by atoms with Gasteiger partial charge in [-0.05, 0) is 19.6 Å². The number of amidine groups is 2. The normalized spacial score (nSPS) is 18.7. The molecule has 2 N–H and O–H groups in total. The van der Waals surface area contributed by atoms with Crippen LogP contribution in [0.1, 0.15) is 0 Å². The third kappa shape index (κ3) is 3.81. The van der Waals surface area contributed by atoms with E-state index < -0.39 is 16.6 Å². The summed E-state index contributed by atoms with van der Waals surface area (Å²) in [6.45, 7) is 13.1. The van der Waals surface area contributed by atoms with Crippen molar-refractivity contribution in [2.75, 3.05) is 0 Å². The molecular weight excluding hydrogens is 286 g/mol. The Balaban J connectivity index is 2.33. The lowest BCUT2D eigenvalue weighted by molar-refractivity contribution is 0.406. The fourth-order valence-corrected chi connectivity index (χ4v) is 3.26. The second-order valence-electron chi connectivity index (χ2n) is 6.78. The maximum atomic E-state index is 6.08. The SMILES string of the molecule is C[Si](C)(C)NN1C(O[Si](C)(C)C)=NC=C2NC=CN=C21. The summed E-state index contributed by atoms with van der Waals surface area (Å²) in [5.74, 6) is 0.804. The number of nitrogens with one attached hydrogen (secondary N) is 2. The lowest BCUT2D eigenvalue weighted by Gasteiger charge is -2.37. The van der Waals surface area contributed by atoms with Crippen LogP contribution in [-0.4, -0.2) is 33.4 Å². The van der Waals surface area contributed by atoms with Crippen LogP contribution in [0.3, 0.4) is 0 Å². The summed E-state index contributed by atoms with van der Waals surface area (Å²) in [5, 5.41) is 8.56. The highest BCUT2D eigenvalue weighted by molar-refractivity contribution is 6.74. The van der Waals surface area contributed by atoms with Crippen molar-refractivity contribution < 1.29 is 4.43 Å². The zero-order valence-corrected chi connectivity index (χ0v) is 15.0. The molecule has 0 saturated carbocycles. The Morgan fingerprint density at radius 1 is 1.15 bits per heavy atom. The summed E-state index contributed by atoms with van der Waals surface area (Å²) in [7, 11) is -3.31. The molecule has 2 aliphatic heterocycles. The molecule has 2 rings (SSSR count). The van der Waals surface area contributed by atoms with E-state index in [-0.39, 0.29) is 0 Å². The summed E-state index contributed by atoms with van der Waals surface area (Å²) >= 11 is 0. The number of nitrogens with zero attached hydrogens (tertiary/aromatic N) is 3. The lowest BCUT2D eigenvalue weighted by atomic mass is 10.3. The molecule has 0 fully saturated rings. The van der Waals surface area contributed by atoms with Gasteiger partial charge in [0.2, 0.25) is 8.32 Å². The molecule has 0 unspecified atom stereocenters. The monoisotopic (exact) mass is 309 g/mol. The molecule has 0 atom stereocenters. The first-order chi connectivity index (χ1) is 9.16. The van der Waals surface area contributed by atoms with Crippen LogP contribution in [0.5, 0.6) is 0 Å².